The number of hydrogen-bond acceptors (Lipinski definition) is 3. The summed E-state index contributed by atoms with van der Waals surface area (Å²) in [4.78, 5) is 4.33. The number of rotatable bonds is 7. The summed E-state index contributed by atoms with van der Waals surface area (Å²) in [5.74, 6) is 0. The fourth-order valence-corrected chi connectivity index (χ4v) is 2.85. The fraction of sp³-hybridized carbons (Fsp3) is 0.688. The van der Waals surface area contributed by atoms with Crippen molar-refractivity contribution in [1.29, 1.82) is 0 Å². The Kier molecular flexibility index (Phi) is 6.97. The predicted octanol–water partition coefficient (Wildman–Crippen LogP) is 4.49. The van der Waals surface area contributed by atoms with Crippen LogP contribution >= 0.6 is 15.9 Å². The van der Waals surface area contributed by atoms with Gasteiger partial charge in [0, 0.05) is 17.3 Å². The Labute approximate surface area is 130 Å². The van der Waals surface area contributed by atoms with Gasteiger partial charge in [-0.05, 0) is 60.2 Å². The summed E-state index contributed by atoms with van der Waals surface area (Å²) in [7, 11) is 0. The highest BCUT2D eigenvalue weighted by molar-refractivity contribution is 9.10. The van der Waals surface area contributed by atoms with Gasteiger partial charge in [-0.1, -0.05) is 13.3 Å². The first-order valence-electron chi connectivity index (χ1n) is 7.62. The molecule has 4 heteroatoms. The minimum absolute atomic E-state index is 0.356. The highest BCUT2D eigenvalue weighted by atomic mass is 79.9. The second kappa shape index (κ2) is 8.75. The standard InChI is InChI=1S/C16H24BrNO2/c1-2-3-11-19-13-6-8-14(9-7-13)20-12-16-15(17)5-4-10-18-16/h4-5,10,13-14H,2-3,6-9,11-12H2,1H3. The SMILES string of the molecule is CCCCOC1CCC(OCc2ncccc2Br)CC1. The van der Waals surface area contributed by atoms with Crippen LogP contribution in [-0.4, -0.2) is 23.8 Å². The molecule has 0 unspecified atom stereocenters. The van der Waals surface area contributed by atoms with Gasteiger partial charge in [-0.3, -0.25) is 4.98 Å². The van der Waals surface area contributed by atoms with Crippen LogP contribution in [0, 0.1) is 0 Å². The van der Waals surface area contributed by atoms with Crippen LogP contribution < -0.4 is 0 Å². The van der Waals surface area contributed by atoms with E-state index < -0.39 is 0 Å². The molecule has 1 fully saturated rings. The number of ether oxygens (including phenoxy) is 2. The van der Waals surface area contributed by atoms with Gasteiger partial charge in [0.2, 0.25) is 0 Å². The van der Waals surface area contributed by atoms with Gasteiger partial charge in [-0.25, -0.2) is 0 Å². The molecule has 0 aromatic carbocycles. The molecule has 0 radical (unpaired) electrons. The number of hydrogen-bond donors (Lipinski definition) is 0. The molecule has 1 aromatic rings. The van der Waals surface area contributed by atoms with Crippen molar-refractivity contribution in [2.45, 2.75) is 64.3 Å². The van der Waals surface area contributed by atoms with E-state index in [1.54, 1.807) is 0 Å². The average molecular weight is 342 g/mol. The molecule has 1 aliphatic rings. The van der Waals surface area contributed by atoms with Crippen LogP contribution in [0.3, 0.4) is 0 Å². The minimum atomic E-state index is 0.356. The van der Waals surface area contributed by atoms with Crippen molar-refractivity contribution in [1.82, 2.24) is 4.98 Å². The van der Waals surface area contributed by atoms with Crippen LogP contribution in [0.15, 0.2) is 22.8 Å². The lowest BCUT2D eigenvalue weighted by Crippen LogP contribution is -2.26. The van der Waals surface area contributed by atoms with E-state index in [2.05, 4.69) is 27.8 Å². The number of nitrogens with zero attached hydrogens (tertiary/aromatic N) is 1. The van der Waals surface area contributed by atoms with Gasteiger partial charge < -0.3 is 9.47 Å². The molecule has 0 N–H and O–H groups in total. The zero-order valence-corrected chi connectivity index (χ0v) is 13.8. The first kappa shape index (κ1) is 15.9. The minimum Gasteiger partial charge on any atom is -0.378 e. The Hall–Kier alpha value is -0.450. The van der Waals surface area contributed by atoms with Crippen LogP contribution in [0.25, 0.3) is 0 Å². The Bertz CT molecular complexity index is 392. The van der Waals surface area contributed by atoms with Gasteiger partial charge in [0.05, 0.1) is 24.5 Å². The maximum Gasteiger partial charge on any atom is 0.0903 e. The summed E-state index contributed by atoms with van der Waals surface area (Å²) in [5, 5.41) is 0. The summed E-state index contributed by atoms with van der Waals surface area (Å²) in [5.41, 5.74) is 0.980. The van der Waals surface area contributed by atoms with Crippen molar-refractivity contribution in [2.24, 2.45) is 0 Å². The van der Waals surface area contributed by atoms with Gasteiger partial charge >= 0.3 is 0 Å². The van der Waals surface area contributed by atoms with Crippen molar-refractivity contribution in [2.75, 3.05) is 6.61 Å². The smallest absolute Gasteiger partial charge is 0.0903 e. The van der Waals surface area contributed by atoms with E-state index in [1.165, 1.54) is 12.8 Å². The lowest BCUT2D eigenvalue weighted by Gasteiger charge is -2.28. The summed E-state index contributed by atoms with van der Waals surface area (Å²) < 4.78 is 12.9. The van der Waals surface area contributed by atoms with Gasteiger partial charge in [-0.2, -0.15) is 0 Å². The van der Waals surface area contributed by atoms with Crippen molar-refractivity contribution in [3.63, 3.8) is 0 Å². The first-order chi connectivity index (χ1) is 9.79. The zero-order chi connectivity index (χ0) is 14.2. The summed E-state index contributed by atoms with van der Waals surface area (Å²) in [6.07, 6.45) is 9.43. The number of pyridine rings is 1. The average Bonchev–Trinajstić information content (AvgIpc) is 2.48. The van der Waals surface area contributed by atoms with Gasteiger partial charge in [-0.15, -0.1) is 0 Å². The summed E-state index contributed by atoms with van der Waals surface area (Å²) >= 11 is 3.50. The number of halogens is 1. The van der Waals surface area contributed by atoms with Crippen LogP contribution in [0.2, 0.25) is 0 Å². The van der Waals surface area contributed by atoms with Crippen molar-refractivity contribution >= 4 is 15.9 Å². The molecule has 0 amide bonds. The van der Waals surface area contributed by atoms with E-state index in [9.17, 15) is 0 Å². The maximum atomic E-state index is 5.98. The summed E-state index contributed by atoms with van der Waals surface area (Å²) in [6.45, 7) is 3.70. The molecular formula is C16H24BrNO2. The van der Waals surface area contributed by atoms with Gasteiger partial charge in [0.15, 0.2) is 0 Å². The molecule has 0 spiro atoms. The fourth-order valence-electron chi connectivity index (χ4n) is 2.48. The normalized spacial score (nSPS) is 22.9. The van der Waals surface area contributed by atoms with E-state index in [0.717, 1.165) is 42.5 Å². The van der Waals surface area contributed by atoms with Gasteiger partial charge in [0.25, 0.3) is 0 Å². The second-order valence-electron chi connectivity index (χ2n) is 5.37. The number of aromatic nitrogens is 1. The maximum absolute atomic E-state index is 5.98. The number of unbranched alkanes of at least 4 members (excludes halogenated alkanes) is 1. The molecule has 0 atom stereocenters. The molecule has 20 heavy (non-hydrogen) atoms. The Morgan fingerprint density at radius 2 is 1.90 bits per heavy atom. The predicted molar refractivity (Wildman–Crippen MR) is 83.6 cm³/mol. The molecule has 1 heterocycles. The second-order valence-corrected chi connectivity index (χ2v) is 6.22. The third kappa shape index (κ3) is 5.15. The van der Waals surface area contributed by atoms with E-state index >= 15 is 0 Å². The van der Waals surface area contributed by atoms with E-state index in [-0.39, 0.29) is 0 Å². The largest absolute Gasteiger partial charge is 0.378 e. The topological polar surface area (TPSA) is 31.4 Å². The van der Waals surface area contributed by atoms with Crippen LogP contribution in [0.4, 0.5) is 0 Å². The zero-order valence-electron chi connectivity index (χ0n) is 12.2. The lowest BCUT2D eigenvalue weighted by atomic mass is 9.95. The third-order valence-corrected chi connectivity index (χ3v) is 4.49. The Morgan fingerprint density at radius 1 is 1.20 bits per heavy atom. The highest BCUT2D eigenvalue weighted by Crippen LogP contribution is 2.25. The highest BCUT2D eigenvalue weighted by Gasteiger charge is 2.22. The van der Waals surface area contributed by atoms with Crippen molar-refractivity contribution < 1.29 is 9.47 Å². The molecule has 2 rings (SSSR count). The van der Waals surface area contributed by atoms with Crippen molar-refractivity contribution in [3.05, 3.63) is 28.5 Å². The molecule has 0 saturated heterocycles. The Morgan fingerprint density at radius 3 is 2.55 bits per heavy atom. The van der Waals surface area contributed by atoms with E-state index in [1.807, 2.05) is 18.3 Å². The quantitative estimate of drug-likeness (QED) is 0.684. The van der Waals surface area contributed by atoms with Gasteiger partial charge in [0.1, 0.15) is 0 Å². The van der Waals surface area contributed by atoms with Crippen molar-refractivity contribution in [3.8, 4) is 0 Å². The van der Waals surface area contributed by atoms with E-state index in [4.69, 9.17) is 9.47 Å². The molecule has 1 aliphatic carbocycles. The third-order valence-electron chi connectivity index (χ3n) is 3.76. The molecule has 3 nitrogen and oxygen atoms in total. The molecule has 1 aromatic heterocycles. The molecule has 112 valence electrons. The van der Waals surface area contributed by atoms with Crippen LogP contribution in [0.5, 0.6) is 0 Å². The molecule has 0 bridgehead atoms. The summed E-state index contributed by atoms with van der Waals surface area (Å²) in [6, 6.07) is 3.93. The van der Waals surface area contributed by atoms with E-state index in [0.29, 0.717) is 18.8 Å². The molecule has 1 saturated carbocycles. The van der Waals surface area contributed by atoms with Crippen LogP contribution in [-0.2, 0) is 16.1 Å². The first-order valence-corrected chi connectivity index (χ1v) is 8.41. The molecule has 0 aliphatic heterocycles. The molecular weight excluding hydrogens is 318 g/mol. The van der Waals surface area contributed by atoms with Crippen LogP contribution in [0.1, 0.15) is 51.1 Å². The monoisotopic (exact) mass is 341 g/mol. The lowest BCUT2D eigenvalue weighted by molar-refractivity contribution is -0.0381. The Balaban J connectivity index is 1.66.